The number of esters is 1. The van der Waals surface area contributed by atoms with E-state index in [2.05, 4.69) is 4.74 Å². The van der Waals surface area contributed by atoms with Crippen molar-refractivity contribution < 1.29 is 28.1 Å². The zero-order chi connectivity index (χ0) is 20.0. The van der Waals surface area contributed by atoms with Gasteiger partial charge < -0.3 is 4.74 Å². The van der Waals surface area contributed by atoms with Crippen LogP contribution in [0.3, 0.4) is 0 Å². The van der Waals surface area contributed by atoms with Crippen molar-refractivity contribution in [2.75, 3.05) is 7.11 Å². The number of carbonyl (C=O) groups excluding carboxylic acids is 4. The molecule has 0 aromatic heterocycles. The summed E-state index contributed by atoms with van der Waals surface area (Å²) in [6.45, 7) is 3.15. The van der Waals surface area contributed by atoms with Crippen molar-refractivity contribution in [3.63, 3.8) is 0 Å². The zero-order valence-electron chi connectivity index (χ0n) is 14.8. The largest absolute Gasteiger partial charge is 0.464 e. The number of hydrogen-bond donors (Lipinski definition) is 1. The molecule has 2 heterocycles. The maximum absolute atomic E-state index is 12.8. The highest BCUT2D eigenvalue weighted by Crippen LogP contribution is 2.36. The number of allylic oxidation sites excluding steroid dienone is 1. The number of hydrogen-bond acceptors (Lipinski definition) is 6. The molecule has 2 aliphatic rings. The molecule has 0 spiro atoms. The number of likely N-dealkylation sites (tertiary alicyclic amines) is 1. The zero-order valence-corrected chi connectivity index (χ0v) is 15.6. The Kier molecular flexibility index (Phi) is 4.70. The van der Waals surface area contributed by atoms with Crippen LogP contribution in [0.4, 0.5) is 0 Å². The Morgan fingerprint density at radius 2 is 1.63 bits per heavy atom. The molecule has 9 nitrogen and oxygen atoms in total. The van der Waals surface area contributed by atoms with Gasteiger partial charge in [0.05, 0.1) is 18.2 Å². The molecule has 27 heavy (non-hydrogen) atoms. The van der Waals surface area contributed by atoms with Crippen LogP contribution in [0.5, 0.6) is 0 Å². The summed E-state index contributed by atoms with van der Waals surface area (Å²) < 4.78 is 16.8. The molecule has 2 aliphatic heterocycles. The third-order valence-corrected chi connectivity index (χ3v) is 5.39. The molecule has 142 valence electrons. The Morgan fingerprint density at radius 1 is 1.11 bits per heavy atom. The van der Waals surface area contributed by atoms with Crippen LogP contribution in [-0.2, 0) is 25.3 Å². The molecule has 1 aromatic rings. The fraction of sp³-hybridized carbons (Fsp3) is 0.294. The van der Waals surface area contributed by atoms with E-state index in [1.54, 1.807) is 26.0 Å². The summed E-state index contributed by atoms with van der Waals surface area (Å²) in [5.41, 5.74) is 0.641. The van der Waals surface area contributed by atoms with Gasteiger partial charge in [0.15, 0.2) is 11.4 Å². The number of amides is 3. The summed E-state index contributed by atoms with van der Waals surface area (Å²) in [4.78, 5) is 51.9. The first-order valence-corrected chi connectivity index (χ1v) is 9.20. The Balaban J connectivity index is 2.02. The average molecular weight is 391 g/mol. The number of methoxy groups -OCH3 is 1. The molecule has 1 saturated heterocycles. The lowest BCUT2D eigenvalue weighted by Crippen LogP contribution is -2.73. The van der Waals surface area contributed by atoms with E-state index in [0.717, 1.165) is 16.9 Å². The molecule has 1 aromatic carbocycles. The van der Waals surface area contributed by atoms with Gasteiger partial charge in [0.2, 0.25) is 0 Å². The summed E-state index contributed by atoms with van der Waals surface area (Å²) in [5, 5.41) is 4.29. The Bertz CT molecular complexity index is 901. The molecule has 3 amide bonds. The first-order valence-electron chi connectivity index (χ1n) is 7.93. The molecule has 10 heteroatoms. The molecule has 0 aliphatic carbocycles. The topological polar surface area (TPSA) is 127 Å². The van der Waals surface area contributed by atoms with Crippen LogP contribution < -0.4 is 5.14 Å². The van der Waals surface area contributed by atoms with E-state index in [9.17, 15) is 23.4 Å². The van der Waals surface area contributed by atoms with E-state index in [-0.39, 0.29) is 16.8 Å². The van der Waals surface area contributed by atoms with Crippen molar-refractivity contribution in [1.82, 2.24) is 9.80 Å². The van der Waals surface area contributed by atoms with Crippen molar-refractivity contribution in [1.29, 1.82) is 0 Å². The minimum absolute atomic E-state index is 0.112. The van der Waals surface area contributed by atoms with Gasteiger partial charge >= 0.3 is 5.97 Å². The van der Waals surface area contributed by atoms with E-state index in [0.29, 0.717) is 5.57 Å². The van der Waals surface area contributed by atoms with Gasteiger partial charge in [0.25, 0.3) is 17.7 Å². The van der Waals surface area contributed by atoms with Gasteiger partial charge in [-0.25, -0.2) is 14.1 Å². The van der Waals surface area contributed by atoms with Crippen LogP contribution in [0.1, 0.15) is 34.6 Å². The van der Waals surface area contributed by atoms with E-state index >= 15 is 0 Å². The van der Waals surface area contributed by atoms with Crippen LogP contribution in [-0.4, -0.2) is 56.2 Å². The Labute approximate surface area is 157 Å². The molecule has 1 fully saturated rings. The number of carbonyl (C=O) groups is 4. The maximum atomic E-state index is 12.8. The SMILES string of the molecule is COC(=O)C(=C(C)C)N1C(=O)[C@@H](N2C(=O)c3ccccc3C2=O)[C@H]1S(N)=O. The molecular formula is C17H17N3O6S. The molecule has 0 bridgehead atoms. The number of imide groups is 1. The maximum Gasteiger partial charge on any atom is 0.354 e. The van der Waals surface area contributed by atoms with Gasteiger partial charge in [0, 0.05) is 0 Å². The lowest BCUT2D eigenvalue weighted by Gasteiger charge is -2.48. The van der Waals surface area contributed by atoms with Crippen LogP contribution in [0.15, 0.2) is 35.5 Å². The van der Waals surface area contributed by atoms with Gasteiger partial charge in [-0.3, -0.25) is 24.2 Å². The van der Waals surface area contributed by atoms with Crippen molar-refractivity contribution in [2.24, 2.45) is 5.14 Å². The highest BCUT2D eigenvalue weighted by atomic mass is 32.2. The van der Waals surface area contributed by atoms with Gasteiger partial charge in [0.1, 0.15) is 16.7 Å². The lowest BCUT2D eigenvalue weighted by molar-refractivity contribution is -0.153. The van der Waals surface area contributed by atoms with Gasteiger partial charge in [-0.1, -0.05) is 12.1 Å². The fourth-order valence-corrected chi connectivity index (χ4v) is 4.17. The van der Waals surface area contributed by atoms with Crippen LogP contribution in [0, 0.1) is 0 Å². The quantitative estimate of drug-likeness (QED) is 0.331. The predicted molar refractivity (Wildman–Crippen MR) is 94.1 cm³/mol. The fourth-order valence-electron chi connectivity index (χ4n) is 3.26. The highest BCUT2D eigenvalue weighted by Gasteiger charge is 2.60. The number of β-lactam (4-membered cyclic amide) rings is 1. The number of rotatable bonds is 4. The smallest absolute Gasteiger partial charge is 0.354 e. The average Bonchev–Trinajstić information content (AvgIpc) is 2.87. The third-order valence-electron chi connectivity index (χ3n) is 4.45. The molecule has 3 atom stereocenters. The summed E-state index contributed by atoms with van der Waals surface area (Å²) in [5.74, 6) is -2.86. The number of benzene rings is 1. The molecule has 3 rings (SSSR count). The molecule has 1 unspecified atom stereocenters. The second-order valence-electron chi connectivity index (χ2n) is 6.24. The first-order chi connectivity index (χ1) is 12.7. The van der Waals surface area contributed by atoms with Crippen molar-refractivity contribution in [3.05, 3.63) is 46.7 Å². The summed E-state index contributed by atoms with van der Waals surface area (Å²) in [6.07, 6.45) is 0. The van der Waals surface area contributed by atoms with Crippen LogP contribution in [0.2, 0.25) is 0 Å². The predicted octanol–water partition coefficient (Wildman–Crippen LogP) is -0.0912. The second-order valence-corrected chi connectivity index (χ2v) is 7.38. The Hall–Kier alpha value is -2.85. The highest BCUT2D eigenvalue weighted by molar-refractivity contribution is 7.83. The van der Waals surface area contributed by atoms with E-state index in [1.807, 2.05) is 0 Å². The first kappa shape index (κ1) is 18.9. The third kappa shape index (κ3) is 2.68. The molecule has 0 saturated carbocycles. The number of fused-ring (bicyclic) bond motifs is 1. The number of nitrogens with two attached hydrogens (primary N) is 1. The van der Waals surface area contributed by atoms with Crippen LogP contribution >= 0.6 is 0 Å². The normalized spacial score (nSPS) is 22.3. The standard InChI is InChI=1S/C17H17N3O6S/c1-8(2)11(17(24)26-3)20-15(23)12(16(20)27(18)25)19-13(21)9-6-4-5-7-10(9)14(19)22/h4-7,12,16H,18H2,1-3H3/t12-,16-,27?/m1/s1. The number of nitrogens with zero attached hydrogens (tertiary/aromatic N) is 2. The van der Waals surface area contributed by atoms with Crippen LogP contribution in [0.25, 0.3) is 0 Å². The Morgan fingerprint density at radius 3 is 2.04 bits per heavy atom. The van der Waals surface area contributed by atoms with E-state index in [1.165, 1.54) is 12.1 Å². The van der Waals surface area contributed by atoms with Crippen molar-refractivity contribution in [2.45, 2.75) is 25.3 Å². The van der Waals surface area contributed by atoms with Gasteiger partial charge in [-0.05, 0) is 31.6 Å². The minimum atomic E-state index is -2.13. The van der Waals surface area contributed by atoms with Gasteiger partial charge in [-0.2, -0.15) is 0 Å². The molecule has 0 radical (unpaired) electrons. The second kappa shape index (κ2) is 6.71. The van der Waals surface area contributed by atoms with Crippen molar-refractivity contribution >= 4 is 34.7 Å². The summed E-state index contributed by atoms with van der Waals surface area (Å²) >= 11 is 0. The summed E-state index contributed by atoms with van der Waals surface area (Å²) in [7, 11) is -0.990. The summed E-state index contributed by atoms with van der Waals surface area (Å²) in [6, 6.07) is 4.78. The van der Waals surface area contributed by atoms with Crippen molar-refractivity contribution in [3.8, 4) is 0 Å². The molecule has 2 N–H and O–H groups in total. The monoisotopic (exact) mass is 391 g/mol. The number of ether oxygens (including phenoxy) is 1. The minimum Gasteiger partial charge on any atom is -0.464 e. The van der Waals surface area contributed by atoms with Gasteiger partial charge in [-0.15, -0.1) is 0 Å². The van der Waals surface area contributed by atoms with E-state index in [4.69, 9.17) is 5.14 Å². The van der Waals surface area contributed by atoms with E-state index < -0.39 is 46.1 Å². The lowest BCUT2D eigenvalue weighted by atomic mass is 10.0. The molecular weight excluding hydrogens is 374 g/mol.